The molecule has 0 saturated heterocycles. The van der Waals surface area contributed by atoms with Crippen molar-refractivity contribution in [3.8, 4) is 5.75 Å². The number of hydrogen-bond acceptors (Lipinski definition) is 3. The minimum Gasteiger partial charge on any atom is -0.484 e. The second kappa shape index (κ2) is 11.5. The molecule has 0 aliphatic heterocycles. The molecule has 2 amide bonds. The number of nitrogens with zero attached hydrogens (tertiary/aromatic N) is 1. The lowest BCUT2D eigenvalue weighted by Gasteiger charge is -2.29. The minimum absolute atomic E-state index is 0.0461. The van der Waals surface area contributed by atoms with Gasteiger partial charge in [-0.3, -0.25) is 9.59 Å². The number of halogens is 2. The smallest absolute Gasteiger partial charge is 0.261 e. The van der Waals surface area contributed by atoms with E-state index in [4.69, 9.17) is 4.74 Å². The molecule has 2 atom stereocenters. The van der Waals surface area contributed by atoms with Crippen LogP contribution in [0.3, 0.4) is 0 Å². The quantitative estimate of drug-likeness (QED) is 0.474. The van der Waals surface area contributed by atoms with E-state index in [2.05, 4.69) is 37.2 Å². The maximum absolute atomic E-state index is 13.1. The van der Waals surface area contributed by atoms with Gasteiger partial charge in [0, 0.05) is 21.5 Å². The largest absolute Gasteiger partial charge is 0.484 e. The van der Waals surface area contributed by atoms with Gasteiger partial charge in [0.15, 0.2) is 6.61 Å². The summed E-state index contributed by atoms with van der Waals surface area (Å²) < 4.78 is 7.63. The third kappa shape index (κ3) is 7.13. The standard InChI is InChI=1S/C23H28Br2N2O3/c1-5-16(3)26-23(29)17(4)27(13-18-7-6-8-19(24)12-18)22(28)14-30-20-9-10-21(25)15(2)11-20/h6-12,16-17H,5,13-14H2,1-4H3,(H,26,29). The van der Waals surface area contributed by atoms with Crippen molar-refractivity contribution in [1.29, 1.82) is 0 Å². The van der Waals surface area contributed by atoms with E-state index < -0.39 is 6.04 Å². The molecule has 5 nitrogen and oxygen atoms in total. The molecular weight excluding hydrogens is 512 g/mol. The van der Waals surface area contributed by atoms with Crippen molar-refractivity contribution in [2.45, 2.75) is 52.7 Å². The third-order valence-corrected chi connectivity index (χ3v) is 6.28. The normalized spacial score (nSPS) is 12.7. The summed E-state index contributed by atoms with van der Waals surface area (Å²) in [6, 6.07) is 12.7. The van der Waals surface area contributed by atoms with E-state index in [1.54, 1.807) is 11.8 Å². The SMILES string of the molecule is CCC(C)NC(=O)C(C)N(Cc1cccc(Br)c1)C(=O)COc1ccc(Br)c(C)c1. The highest BCUT2D eigenvalue weighted by Crippen LogP contribution is 2.22. The molecule has 2 unspecified atom stereocenters. The highest BCUT2D eigenvalue weighted by atomic mass is 79.9. The third-order valence-electron chi connectivity index (χ3n) is 4.90. The maximum atomic E-state index is 13.1. The number of rotatable bonds is 9. The van der Waals surface area contributed by atoms with Gasteiger partial charge in [0.05, 0.1) is 0 Å². The molecule has 0 saturated carbocycles. The molecule has 0 radical (unpaired) electrons. The fourth-order valence-corrected chi connectivity index (χ4v) is 3.51. The first-order valence-electron chi connectivity index (χ1n) is 9.94. The summed E-state index contributed by atoms with van der Waals surface area (Å²) in [5.41, 5.74) is 1.95. The molecule has 7 heteroatoms. The fourth-order valence-electron chi connectivity index (χ4n) is 2.82. The number of hydrogen-bond donors (Lipinski definition) is 1. The van der Waals surface area contributed by atoms with Gasteiger partial charge in [0.25, 0.3) is 5.91 Å². The van der Waals surface area contributed by atoms with Crippen LogP contribution in [-0.4, -0.2) is 35.4 Å². The van der Waals surface area contributed by atoms with Gasteiger partial charge in [-0.25, -0.2) is 0 Å². The highest BCUT2D eigenvalue weighted by Gasteiger charge is 2.27. The summed E-state index contributed by atoms with van der Waals surface area (Å²) in [6.45, 7) is 7.83. The zero-order valence-corrected chi connectivity index (χ0v) is 20.9. The predicted octanol–water partition coefficient (Wildman–Crippen LogP) is 5.23. The predicted molar refractivity (Wildman–Crippen MR) is 126 cm³/mol. The molecule has 2 aromatic rings. The zero-order chi connectivity index (χ0) is 22.3. The fraction of sp³-hybridized carbons (Fsp3) is 0.391. The van der Waals surface area contributed by atoms with Crippen molar-refractivity contribution in [3.63, 3.8) is 0 Å². The van der Waals surface area contributed by atoms with Crippen LogP contribution in [0, 0.1) is 6.92 Å². The Morgan fingerprint density at radius 3 is 2.50 bits per heavy atom. The second-order valence-electron chi connectivity index (χ2n) is 7.35. The number of amides is 2. The molecule has 0 aliphatic carbocycles. The van der Waals surface area contributed by atoms with Gasteiger partial charge in [-0.1, -0.05) is 50.9 Å². The van der Waals surface area contributed by atoms with Crippen LogP contribution in [0.5, 0.6) is 5.75 Å². The second-order valence-corrected chi connectivity index (χ2v) is 9.12. The van der Waals surface area contributed by atoms with Gasteiger partial charge >= 0.3 is 0 Å². The monoisotopic (exact) mass is 538 g/mol. The van der Waals surface area contributed by atoms with Gasteiger partial charge < -0.3 is 15.0 Å². The zero-order valence-electron chi connectivity index (χ0n) is 17.7. The van der Waals surface area contributed by atoms with Crippen molar-refractivity contribution in [2.75, 3.05) is 6.61 Å². The van der Waals surface area contributed by atoms with Gasteiger partial charge in [0.1, 0.15) is 11.8 Å². The molecule has 0 spiro atoms. The van der Waals surface area contributed by atoms with Gasteiger partial charge in [-0.05, 0) is 68.7 Å². The van der Waals surface area contributed by atoms with Crippen LogP contribution < -0.4 is 10.1 Å². The maximum Gasteiger partial charge on any atom is 0.261 e. The van der Waals surface area contributed by atoms with Gasteiger partial charge in [-0.2, -0.15) is 0 Å². The molecule has 2 rings (SSSR count). The van der Waals surface area contributed by atoms with E-state index >= 15 is 0 Å². The average molecular weight is 540 g/mol. The summed E-state index contributed by atoms with van der Waals surface area (Å²) in [5, 5.41) is 2.96. The summed E-state index contributed by atoms with van der Waals surface area (Å²) in [6.07, 6.45) is 0.823. The van der Waals surface area contributed by atoms with Gasteiger partial charge in [0.2, 0.25) is 5.91 Å². The Labute approximate surface area is 195 Å². The number of ether oxygens (including phenoxy) is 1. The first-order chi connectivity index (χ1) is 14.2. The Morgan fingerprint density at radius 1 is 1.13 bits per heavy atom. The lowest BCUT2D eigenvalue weighted by atomic mass is 10.1. The van der Waals surface area contributed by atoms with Crippen LogP contribution in [0.1, 0.15) is 38.3 Å². The molecule has 162 valence electrons. The topological polar surface area (TPSA) is 58.6 Å². The summed E-state index contributed by atoms with van der Waals surface area (Å²) in [7, 11) is 0. The van der Waals surface area contributed by atoms with E-state index in [-0.39, 0.29) is 24.5 Å². The van der Waals surface area contributed by atoms with Crippen LogP contribution in [0.4, 0.5) is 0 Å². The first kappa shape index (κ1) is 24.4. The van der Waals surface area contributed by atoms with E-state index in [1.165, 1.54) is 0 Å². The average Bonchev–Trinajstić information content (AvgIpc) is 2.72. The number of benzene rings is 2. The van der Waals surface area contributed by atoms with Crippen molar-refractivity contribution in [3.05, 3.63) is 62.5 Å². The molecule has 0 aromatic heterocycles. The number of nitrogens with one attached hydrogen (secondary N) is 1. The lowest BCUT2D eigenvalue weighted by molar-refractivity contribution is -0.142. The van der Waals surface area contributed by atoms with Crippen LogP contribution in [0.15, 0.2) is 51.4 Å². The Morgan fingerprint density at radius 2 is 1.87 bits per heavy atom. The molecule has 1 N–H and O–H groups in total. The lowest BCUT2D eigenvalue weighted by Crippen LogP contribution is -2.50. The van der Waals surface area contributed by atoms with E-state index in [9.17, 15) is 9.59 Å². The van der Waals surface area contributed by atoms with Gasteiger partial charge in [-0.15, -0.1) is 0 Å². The summed E-state index contributed by atoms with van der Waals surface area (Å²) in [5.74, 6) is 0.192. The van der Waals surface area contributed by atoms with E-state index in [0.29, 0.717) is 12.3 Å². The summed E-state index contributed by atoms with van der Waals surface area (Å²) in [4.78, 5) is 27.3. The first-order valence-corrected chi connectivity index (χ1v) is 11.5. The molecule has 0 heterocycles. The van der Waals surface area contributed by atoms with Crippen LogP contribution in [0.25, 0.3) is 0 Å². The summed E-state index contributed by atoms with van der Waals surface area (Å²) >= 11 is 6.92. The van der Waals surface area contributed by atoms with Crippen LogP contribution in [0.2, 0.25) is 0 Å². The van der Waals surface area contributed by atoms with Crippen molar-refractivity contribution < 1.29 is 14.3 Å². The number of carbonyl (C=O) groups is 2. The Hall–Kier alpha value is -1.86. The number of aryl methyl sites for hydroxylation is 1. The number of carbonyl (C=O) groups excluding carboxylic acids is 2. The molecule has 0 bridgehead atoms. The molecule has 0 fully saturated rings. The highest BCUT2D eigenvalue weighted by molar-refractivity contribution is 9.10. The van der Waals surface area contributed by atoms with Crippen molar-refractivity contribution >= 4 is 43.7 Å². The molecule has 0 aliphatic rings. The molecular formula is C23H28Br2N2O3. The van der Waals surface area contributed by atoms with Crippen molar-refractivity contribution in [1.82, 2.24) is 10.2 Å². The minimum atomic E-state index is -0.624. The van der Waals surface area contributed by atoms with Crippen LogP contribution in [-0.2, 0) is 16.1 Å². The molecule has 30 heavy (non-hydrogen) atoms. The van der Waals surface area contributed by atoms with E-state index in [1.807, 2.05) is 63.2 Å². The Kier molecular flexibility index (Phi) is 9.37. The van der Waals surface area contributed by atoms with Crippen LogP contribution >= 0.6 is 31.9 Å². The Balaban J connectivity index is 2.16. The van der Waals surface area contributed by atoms with E-state index in [0.717, 1.165) is 26.5 Å². The molecule has 2 aromatic carbocycles. The van der Waals surface area contributed by atoms with Crippen molar-refractivity contribution in [2.24, 2.45) is 0 Å². The Bertz CT molecular complexity index is 889.